The van der Waals surface area contributed by atoms with Gasteiger partial charge in [-0.2, -0.15) is 0 Å². The molecule has 0 amide bonds. The van der Waals surface area contributed by atoms with Crippen LogP contribution >= 0.6 is 12.4 Å². The summed E-state index contributed by atoms with van der Waals surface area (Å²) >= 11 is 0. The van der Waals surface area contributed by atoms with Crippen molar-refractivity contribution in [3.8, 4) is 0 Å². The van der Waals surface area contributed by atoms with Gasteiger partial charge in [-0.3, -0.25) is 0 Å². The summed E-state index contributed by atoms with van der Waals surface area (Å²) in [4.78, 5) is 0. The SMILES string of the molecule is Cl.O=S(=O)(CC1CCOC1)NCc1ccc2c(c1)CNC2. The van der Waals surface area contributed by atoms with E-state index >= 15 is 0 Å². The Balaban J connectivity index is 0.00000161. The lowest BCUT2D eigenvalue weighted by Crippen LogP contribution is -2.29. The number of sulfonamides is 1. The monoisotopic (exact) mass is 332 g/mol. The third kappa shape index (κ3) is 4.40. The van der Waals surface area contributed by atoms with E-state index in [2.05, 4.69) is 22.2 Å². The van der Waals surface area contributed by atoms with Gasteiger partial charge in [-0.15, -0.1) is 12.4 Å². The minimum Gasteiger partial charge on any atom is -0.381 e. The average Bonchev–Trinajstić information content (AvgIpc) is 3.06. The maximum atomic E-state index is 12.0. The molecular formula is C14H21ClN2O3S. The van der Waals surface area contributed by atoms with Crippen molar-refractivity contribution in [1.82, 2.24) is 10.0 Å². The van der Waals surface area contributed by atoms with Gasteiger partial charge in [-0.05, 0) is 29.0 Å². The molecule has 0 saturated carbocycles. The number of ether oxygens (including phenoxy) is 1. The molecule has 0 bridgehead atoms. The molecule has 0 radical (unpaired) electrons. The number of hydrogen-bond acceptors (Lipinski definition) is 4. The second kappa shape index (κ2) is 7.07. The van der Waals surface area contributed by atoms with Crippen molar-refractivity contribution in [2.45, 2.75) is 26.1 Å². The Morgan fingerprint density at radius 2 is 2.10 bits per heavy atom. The summed E-state index contributed by atoms with van der Waals surface area (Å²) in [5.41, 5.74) is 3.59. The van der Waals surface area contributed by atoms with E-state index in [-0.39, 0.29) is 24.1 Å². The third-order valence-electron chi connectivity index (χ3n) is 3.88. The van der Waals surface area contributed by atoms with Gasteiger partial charge < -0.3 is 10.1 Å². The van der Waals surface area contributed by atoms with E-state index in [9.17, 15) is 8.42 Å². The van der Waals surface area contributed by atoms with Crippen LogP contribution in [0, 0.1) is 5.92 Å². The Bertz CT molecular complexity index is 586. The van der Waals surface area contributed by atoms with Crippen molar-refractivity contribution in [3.05, 3.63) is 34.9 Å². The molecule has 5 nitrogen and oxygen atoms in total. The summed E-state index contributed by atoms with van der Waals surface area (Å²) in [5.74, 6) is 0.302. The van der Waals surface area contributed by atoms with Gasteiger partial charge in [0.25, 0.3) is 0 Å². The van der Waals surface area contributed by atoms with Gasteiger partial charge in [0.1, 0.15) is 0 Å². The van der Waals surface area contributed by atoms with Crippen molar-refractivity contribution < 1.29 is 13.2 Å². The van der Waals surface area contributed by atoms with E-state index in [1.54, 1.807) is 0 Å². The minimum atomic E-state index is -3.22. The number of nitrogens with one attached hydrogen (secondary N) is 2. The second-order valence-corrected chi connectivity index (χ2v) is 7.39. The molecule has 2 aliphatic rings. The van der Waals surface area contributed by atoms with E-state index in [0.29, 0.717) is 19.8 Å². The molecule has 1 saturated heterocycles. The summed E-state index contributed by atoms with van der Waals surface area (Å²) in [6.07, 6.45) is 0.839. The molecular weight excluding hydrogens is 312 g/mol. The molecule has 0 aliphatic carbocycles. The van der Waals surface area contributed by atoms with Crippen LogP contribution in [0.4, 0.5) is 0 Å². The zero-order chi connectivity index (χ0) is 14.0. The van der Waals surface area contributed by atoms with E-state index in [1.807, 2.05) is 6.07 Å². The molecule has 118 valence electrons. The first-order chi connectivity index (χ1) is 9.62. The van der Waals surface area contributed by atoms with Gasteiger partial charge in [-0.1, -0.05) is 18.2 Å². The van der Waals surface area contributed by atoms with Gasteiger partial charge in [0, 0.05) is 26.2 Å². The fourth-order valence-electron chi connectivity index (χ4n) is 2.74. The number of hydrogen-bond donors (Lipinski definition) is 2. The number of benzene rings is 1. The highest BCUT2D eigenvalue weighted by Gasteiger charge is 2.23. The van der Waals surface area contributed by atoms with Gasteiger partial charge in [-0.25, -0.2) is 13.1 Å². The number of halogens is 1. The van der Waals surface area contributed by atoms with Crippen molar-refractivity contribution in [3.63, 3.8) is 0 Å². The Hall–Kier alpha value is -0.660. The molecule has 2 N–H and O–H groups in total. The zero-order valence-corrected chi connectivity index (χ0v) is 13.4. The fraction of sp³-hybridized carbons (Fsp3) is 0.571. The normalized spacial score (nSPS) is 21.0. The minimum absolute atomic E-state index is 0. The standard InChI is InChI=1S/C14H20N2O3S.ClH/c17-20(18,10-12-3-4-19-9-12)16-6-11-1-2-13-7-15-8-14(13)5-11;/h1-2,5,12,15-16H,3-4,6-10H2;1H. The summed E-state index contributed by atoms with van der Waals surface area (Å²) in [6, 6.07) is 6.15. The Kier molecular flexibility index (Phi) is 5.62. The lowest BCUT2D eigenvalue weighted by Gasteiger charge is -2.11. The van der Waals surface area contributed by atoms with Crippen LogP contribution in [-0.4, -0.2) is 27.4 Å². The molecule has 1 aromatic rings. The molecule has 1 fully saturated rings. The van der Waals surface area contributed by atoms with Gasteiger partial charge in [0.15, 0.2) is 0 Å². The Morgan fingerprint density at radius 1 is 1.29 bits per heavy atom. The van der Waals surface area contributed by atoms with Crippen molar-refractivity contribution in [2.24, 2.45) is 5.92 Å². The molecule has 1 atom stereocenters. The van der Waals surface area contributed by atoms with E-state index in [4.69, 9.17) is 4.74 Å². The lowest BCUT2D eigenvalue weighted by atomic mass is 10.1. The Labute approximate surface area is 131 Å². The smallest absolute Gasteiger partial charge is 0.212 e. The molecule has 1 unspecified atom stereocenters. The topological polar surface area (TPSA) is 67.4 Å². The summed E-state index contributed by atoms with van der Waals surface area (Å²) < 4.78 is 31.9. The first-order valence-corrected chi connectivity index (χ1v) is 8.64. The highest BCUT2D eigenvalue weighted by Crippen LogP contribution is 2.18. The molecule has 1 aromatic carbocycles. The van der Waals surface area contributed by atoms with Crippen LogP contribution in [0.5, 0.6) is 0 Å². The van der Waals surface area contributed by atoms with Crippen molar-refractivity contribution >= 4 is 22.4 Å². The lowest BCUT2D eigenvalue weighted by molar-refractivity contribution is 0.188. The Morgan fingerprint density at radius 3 is 2.86 bits per heavy atom. The van der Waals surface area contributed by atoms with Crippen LogP contribution in [0.1, 0.15) is 23.1 Å². The molecule has 2 aliphatic heterocycles. The van der Waals surface area contributed by atoms with E-state index in [0.717, 1.165) is 25.1 Å². The summed E-state index contributed by atoms with van der Waals surface area (Å²) in [6.45, 7) is 3.38. The average molecular weight is 333 g/mol. The van der Waals surface area contributed by atoms with Crippen LogP contribution in [0.3, 0.4) is 0 Å². The van der Waals surface area contributed by atoms with Gasteiger partial charge >= 0.3 is 0 Å². The molecule has 0 spiro atoms. The highest BCUT2D eigenvalue weighted by molar-refractivity contribution is 7.89. The zero-order valence-electron chi connectivity index (χ0n) is 11.8. The van der Waals surface area contributed by atoms with Crippen molar-refractivity contribution in [2.75, 3.05) is 19.0 Å². The molecule has 3 rings (SSSR count). The number of rotatable bonds is 5. The van der Waals surface area contributed by atoms with E-state index in [1.165, 1.54) is 11.1 Å². The van der Waals surface area contributed by atoms with Gasteiger partial charge in [0.05, 0.1) is 12.4 Å². The summed E-state index contributed by atoms with van der Waals surface area (Å²) in [7, 11) is -3.22. The van der Waals surface area contributed by atoms with Crippen LogP contribution in [-0.2, 0) is 34.4 Å². The quantitative estimate of drug-likeness (QED) is 0.849. The largest absolute Gasteiger partial charge is 0.381 e. The van der Waals surface area contributed by atoms with Gasteiger partial charge in [0.2, 0.25) is 10.0 Å². The van der Waals surface area contributed by atoms with Crippen LogP contribution < -0.4 is 10.0 Å². The molecule has 7 heteroatoms. The van der Waals surface area contributed by atoms with Crippen LogP contribution in [0.15, 0.2) is 18.2 Å². The van der Waals surface area contributed by atoms with E-state index < -0.39 is 10.0 Å². The second-order valence-electron chi connectivity index (χ2n) is 5.54. The van der Waals surface area contributed by atoms with Crippen LogP contribution in [0.25, 0.3) is 0 Å². The number of fused-ring (bicyclic) bond motifs is 1. The fourth-order valence-corrected chi connectivity index (χ4v) is 4.12. The summed E-state index contributed by atoms with van der Waals surface area (Å²) in [5, 5.41) is 3.28. The van der Waals surface area contributed by atoms with Crippen LogP contribution in [0.2, 0.25) is 0 Å². The third-order valence-corrected chi connectivity index (χ3v) is 5.37. The van der Waals surface area contributed by atoms with Crippen molar-refractivity contribution in [1.29, 1.82) is 0 Å². The maximum Gasteiger partial charge on any atom is 0.212 e. The highest BCUT2D eigenvalue weighted by atomic mass is 35.5. The predicted octanol–water partition coefficient (Wildman–Crippen LogP) is 1.17. The first-order valence-electron chi connectivity index (χ1n) is 6.99. The molecule has 0 aromatic heterocycles. The molecule has 21 heavy (non-hydrogen) atoms. The maximum absolute atomic E-state index is 12.0. The first kappa shape index (κ1) is 16.7. The molecule has 2 heterocycles. The predicted molar refractivity (Wildman–Crippen MR) is 83.8 cm³/mol.